The molecule has 1 heterocycles. The lowest BCUT2D eigenvalue weighted by atomic mass is 9.88. The summed E-state index contributed by atoms with van der Waals surface area (Å²) in [6.45, 7) is 10.3. The molecule has 0 bridgehead atoms. The third-order valence-corrected chi connectivity index (χ3v) is 5.72. The summed E-state index contributed by atoms with van der Waals surface area (Å²) in [5.74, 6) is 7.78. The molecule has 1 aliphatic heterocycles. The number of allylic oxidation sites excluding steroid dienone is 1. The van der Waals surface area contributed by atoms with Gasteiger partial charge in [-0.25, -0.2) is 0 Å². The Bertz CT molecular complexity index is 758. The number of terminal acetylenes is 1. The Morgan fingerprint density at radius 3 is 2.12 bits per heavy atom. The molecule has 0 saturated carbocycles. The van der Waals surface area contributed by atoms with Crippen molar-refractivity contribution in [2.24, 2.45) is 5.41 Å². The van der Waals surface area contributed by atoms with E-state index >= 15 is 0 Å². The first-order chi connectivity index (χ1) is 12.0. The second kappa shape index (κ2) is 10.1. The van der Waals surface area contributed by atoms with Crippen molar-refractivity contribution in [2.45, 2.75) is 39.5 Å². The largest absolute Gasteiger partial charge is 0.161 e. The predicted molar refractivity (Wildman–Crippen MR) is 117 cm³/mol. The highest BCUT2D eigenvalue weighted by Crippen LogP contribution is 2.44. The highest BCUT2D eigenvalue weighted by molar-refractivity contribution is 8.14. The highest BCUT2D eigenvalue weighted by Gasteiger charge is 2.24. The standard InChI is InChI=1S/C19H20S.C3H4.C2H6/c1-19(2)13-17(15-9-5-4-6-10-15)16-11-7-8-12-18(16)20(3)14-19;1-3-2;1-2/h4-13H,3,14H2,1-2H3;1H,2H3;1-2H3. The van der Waals surface area contributed by atoms with Crippen LogP contribution in [0.25, 0.3) is 5.57 Å². The third kappa shape index (κ3) is 5.76. The summed E-state index contributed by atoms with van der Waals surface area (Å²) in [4.78, 5) is 1.40. The van der Waals surface area contributed by atoms with Crippen LogP contribution in [0.15, 0.2) is 65.6 Å². The molecule has 0 saturated heterocycles. The lowest BCUT2D eigenvalue weighted by Gasteiger charge is -2.20. The number of hydrogen-bond acceptors (Lipinski definition) is 0. The first-order valence-corrected chi connectivity index (χ1v) is 10.3. The van der Waals surface area contributed by atoms with Crippen LogP contribution in [0.3, 0.4) is 0 Å². The summed E-state index contributed by atoms with van der Waals surface area (Å²) in [5, 5.41) is 0. The van der Waals surface area contributed by atoms with Crippen LogP contribution >= 0.6 is 10.5 Å². The maximum atomic E-state index is 4.60. The van der Waals surface area contributed by atoms with Crippen LogP contribution in [0.4, 0.5) is 0 Å². The lowest BCUT2D eigenvalue weighted by molar-refractivity contribution is 0.559. The van der Waals surface area contributed by atoms with Gasteiger partial charge in [0.1, 0.15) is 0 Å². The molecule has 0 fully saturated rings. The van der Waals surface area contributed by atoms with Gasteiger partial charge in [0.05, 0.1) is 0 Å². The number of rotatable bonds is 1. The summed E-state index contributed by atoms with van der Waals surface area (Å²) in [5.41, 5.74) is 4.18. The van der Waals surface area contributed by atoms with Crippen LogP contribution < -0.4 is 0 Å². The summed E-state index contributed by atoms with van der Waals surface area (Å²) in [7, 11) is 0.0515. The summed E-state index contributed by atoms with van der Waals surface area (Å²) in [6, 6.07) is 19.4. The zero-order valence-electron chi connectivity index (χ0n) is 16.2. The Balaban J connectivity index is 0.000000567. The number of benzene rings is 2. The average molecular weight is 351 g/mol. The molecular weight excluding hydrogens is 320 g/mol. The van der Waals surface area contributed by atoms with Crippen molar-refractivity contribution >= 4 is 21.9 Å². The van der Waals surface area contributed by atoms with E-state index in [1.807, 2.05) is 13.8 Å². The maximum Gasteiger partial charge on any atom is 0.00903 e. The van der Waals surface area contributed by atoms with Gasteiger partial charge in [-0.15, -0.1) is 12.3 Å². The van der Waals surface area contributed by atoms with Crippen molar-refractivity contribution in [2.75, 3.05) is 5.75 Å². The van der Waals surface area contributed by atoms with Crippen LogP contribution in [0.2, 0.25) is 0 Å². The third-order valence-electron chi connectivity index (χ3n) is 3.65. The molecule has 0 spiro atoms. The molecular formula is C24H30S. The highest BCUT2D eigenvalue weighted by atomic mass is 32.2. The summed E-state index contributed by atoms with van der Waals surface area (Å²) >= 11 is 0. The molecule has 0 nitrogen and oxygen atoms in total. The summed E-state index contributed by atoms with van der Waals surface area (Å²) in [6.07, 6.45) is 7.03. The topological polar surface area (TPSA) is 0 Å². The number of hydrogen-bond donors (Lipinski definition) is 0. The quantitative estimate of drug-likeness (QED) is 0.388. The lowest BCUT2D eigenvalue weighted by Crippen LogP contribution is -2.11. The van der Waals surface area contributed by atoms with E-state index in [1.54, 1.807) is 6.92 Å². The molecule has 1 aliphatic rings. The molecule has 2 aromatic carbocycles. The van der Waals surface area contributed by atoms with Gasteiger partial charge >= 0.3 is 0 Å². The van der Waals surface area contributed by atoms with Gasteiger partial charge in [-0.3, -0.25) is 0 Å². The predicted octanol–water partition coefficient (Wildman–Crippen LogP) is 6.88. The van der Waals surface area contributed by atoms with E-state index in [0.29, 0.717) is 0 Å². The van der Waals surface area contributed by atoms with E-state index < -0.39 is 0 Å². The minimum atomic E-state index is 0.0515. The molecule has 1 atom stereocenters. The van der Waals surface area contributed by atoms with Gasteiger partial charge in [0.15, 0.2) is 0 Å². The Hall–Kier alpha value is -2.04. The van der Waals surface area contributed by atoms with Gasteiger partial charge in [0.2, 0.25) is 0 Å². The molecule has 0 N–H and O–H groups in total. The normalized spacial score (nSPS) is 17.1. The molecule has 0 aliphatic carbocycles. The maximum absolute atomic E-state index is 4.60. The van der Waals surface area contributed by atoms with E-state index in [9.17, 15) is 0 Å². The van der Waals surface area contributed by atoms with Crippen molar-refractivity contribution in [3.8, 4) is 12.3 Å². The molecule has 3 rings (SSSR count). The average Bonchev–Trinajstić information content (AvgIpc) is 2.72. The van der Waals surface area contributed by atoms with Crippen LogP contribution in [-0.2, 0) is 0 Å². The van der Waals surface area contributed by atoms with Crippen molar-refractivity contribution in [3.05, 3.63) is 71.8 Å². The molecule has 132 valence electrons. The van der Waals surface area contributed by atoms with Gasteiger partial charge in [-0.05, 0) is 35.1 Å². The fraction of sp³-hybridized carbons (Fsp3) is 0.292. The smallest absolute Gasteiger partial charge is 0.00903 e. The van der Waals surface area contributed by atoms with Crippen LogP contribution in [0.1, 0.15) is 45.7 Å². The van der Waals surface area contributed by atoms with Gasteiger partial charge < -0.3 is 0 Å². The molecule has 25 heavy (non-hydrogen) atoms. The molecule has 1 heteroatoms. The Kier molecular flexibility index (Phi) is 8.46. The van der Waals surface area contributed by atoms with E-state index in [-0.39, 0.29) is 15.9 Å². The van der Waals surface area contributed by atoms with Crippen LogP contribution in [0.5, 0.6) is 0 Å². The molecule has 1 unspecified atom stereocenters. The zero-order chi connectivity index (χ0) is 18.9. The van der Waals surface area contributed by atoms with Gasteiger partial charge in [0.25, 0.3) is 0 Å². The van der Waals surface area contributed by atoms with E-state index in [2.05, 4.69) is 92.7 Å². The fourth-order valence-corrected chi connectivity index (χ4v) is 4.73. The summed E-state index contributed by atoms with van der Waals surface area (Å²) < 4.78 is 0. The van der Waals surface area contributed by atoms with E-state index in [4.69, 9.17) is 0 Å². The Morgan fingerprint density at radius 2 is 1.52 bits per heavy atom. The minimum absolute atomic E-state index is 0.0515. The minimum Gasteiger partial charge on any atom is -0.161 e. The zero-order valence-corrected chi connectivity index (χ0v) is 17.0. The molecule has 2 aromatic rings. The Labute approximate surface area is 156 Å². The van der Waals surface area contributed by atoms with Gasteiger partial charge in [0, 0.05) is 10.6 Å². The first kappa shape index (κ1) is 21.0. The second-order valence-electron chi connectivity index (χ2n) is 6.33. The second-order valence-corrected chi connectivity index (χ2v) is 8.05. The van der Waals surface area contributed by atoms with Gasteiger partial charge in [-0.2, -0.15) is 10.5 Å². The Morgan fingerprint density at radius 1 is 1.00 bits per heavy atom. The number of fused-ring (bicyclic) bond motifs is 1. The molecule has 0 aromatic heterocycles. The van der Waals surface area contributed by atoms with Crippen LogP contribution in [0, 0.1) is 17.8 Å². The van der Waals surface area contributed by atoms with Crippen molar-refractivity contribution in [1.29, 1.82) is 0 Å². The van der Waals surface area contributed by atoms with E-state index in [1.165, 1.54) is 21.6 Å². The first-order valence-electron chi connectivity index (χ1n) is 8.74. The van der Waals surface area contributed by atoms with Crippen molar-refractivity contribution in [3.63, 3.8) is 0 Å². The van der Waals surface area contributed by atoms with Crippen molar-refractivity contribution in [1.82, 2.24) is 0 Å². The molecule has 0 amide bonds. The fourth-order valence-electron chi connectivity index (χ4n) is 2.83. The van der Waals surface area contributed by atoms with Crippen molar-refractivity contribution < 1.29 is 0 Å². The van der Waals surface area contributed by atoms with Crippen LogP contribution in [-0.4, -0.2) is 11.6 Å². The van der Waals surface area contributed by atoms with E-state index in [0.717, 1.165) is 5.75 Å². The SMILES string of the molecule is C#CC.C=S1CC(C)(C)C=C(c2ccccc2)c2ccccc21.CC. The monoisotopic (exact) mass is 350 g/mol. The van der Waals surface area contributed by atoms with Gasteiger partial charge in [-0.1, -0.05) is 88.2 Å². The molecule has 0 radical (unpaired) electrons.